The molecule has 0 unspecified atom stereocenters. The lowest BCUT2D eigenvalue weighted by molar-refractivity contribution is 0.0847. The first-order chi connectivity index (χ1) is 12.5. The van der Waals surface area contributed by atoms with Crippen LogP contribution < -0.4 is 10.9 Å². The van der Waals surface area contributed by atoms with E-state index in [4.69, 9.17) is 4.52 Å². The van der Waals surface area contributed by atoms with Crippen molar-refractivity contribution in [3.8, 4) is 0 Å². The average Bonchev–Trinajstić information content (AvgIpc) is 3.26. The van der Waals surface area contributed by atoms with Crippen LogP contribution >= 0.6 is 39.0 Å². The predicted molar refractivity (Wildman–Crippen MR) is 102 cm³/mol. The molecule has 3 aromatic heterocycles. The number of hydrogen-bond donors (Lipinski definition) is 2. The summed E-state index contributed by atoms with van der Waals surface area (Å²) in [6.07, 6.45) is 1.61. The molecule has 0 saturated carbocycles. The monoisotopic (exact) mass is 452 g/mol. The topological polar surface area (TPSA) is 97.1 Å². The molecule has 0 fully saturated rings. The second-order valence-corrected chi connectivity index (χ2v) is 8.51. The van der Waals surface area contributed by atoms with Gasteiger partial charge in [0, 0.05) is 18.0 Å². The summed E-state index contributed by atoms with van der Waals surface area (Å²) in [5.74, 6) is 0.415. The van der Waals surface area contributed by atoms with Crippen molar-refractivity contribution in [2.45, 2.75) is 17.7 Å². The quantitative estimate of drug-likeness (QED) is 0.453. The average molecular weight is 453 g/mol. The molecule has 3 rings (SSSR count). The number of nitrogens with one attached hydrogen (secondary N) is 2. The van der Waals surface area contributed by atoms with Gasteiger partial charge < -0.3 is 4.52 Å². The van der Waals surface area contributed by atoms with Crippen LogP contribution in [0.1, 0.15) is 31.5 Å². The van der Waals surface area contributed by atoms with E-state index in [0.717, 1.165) is 15.2 Å². The maximum absolute atomic E-state index is 12.4. The Morgan fingerprint density at radius 2 is 2.08 bits per heavy atom. The summed E-state index contributed by atoms with van der Waals surface area (Å²) in [5, 5.41) is 4.46. The van der Waals surface area contributed by atoms with Crippen LogP contribution in [0.3, 0.4) is 0 Å². The number of carbonyl (C=O) groups is 2. The molecule has 26 heavy (non-hydrogen) atoms. The predicted octanol–water partition coefficient (Wildman–Crippen LogP) is 3.57. The number of rotatable bonds is 5. The third kappa shape index (κ3) is 4.71. The maximum Gasteiger partial charge on any atom is 0.279 e. The molecule has 2 N–H and O–H groups in total. The highest BCUT2D eigenvalue weighted by Crippen LogP contribution is 2.24. The molecule has 0 aliphatic rings. The van der Waals surface area contributed by atoms with Gasteiger partial charge in [-0.25, -0.2) is 4.98 Å². The van der Waals surface area contributed by atoms with Crippen LogP contribution in [-0.2, 0) is 5.75 Å². The molecule has 0 aliphatic heterocycles. The first-order valence-electron chi connectivity index (χ1n) is 7.39. The smallest absolute Gasteiger partial charge is 0.279 e. The Morgan fingerprint density at radius 1 is 1.27 bits per heavy atom. The van der Waals surface area contributed by atoms with Crippen LogP contribution in [0.4, 0.5) is 0 Å². The van der Waals surface area contributed by atoms with Crippen molar-refractivity contribution in [2.75, 3.05) is 0 Å². The van der Waals surface area contributed by atoms with Crippen molar-refractivity contribution in [1.29, 1.82) is 0 Å². The van der Waals surface area contributed by atoms with Crippen molar-refractivity contribution in [3.63, 3.8) is 0 Å². The minimum atomic E-state index is -0.444. The summed E-state index contributed by atoms with van der Waals surface area (Å²) in [6.45, 7) is 1.82. The number of pyridine rings is 1. The zero-order chi connectivity index (χ0) is 18.5. The molecule has 0 aromatic carbocycles. The van der Waals surface area contributed by atoms with Crippen LogP contribution in [-0.4, -0.2) is 22.0 Å². The molecule has 2 amide bonds. The van der Waals surface area contributed by atoms with Crippen molar-refractivity contribution in [1.82, 2.24) is 21.0 Å². The lowest BCUT2D eigenvalue weighted by atomic mass is 10.3. The molecule has 0 spiro atoms. The largest absolute Gasteiger partial charge is 0.361 e. The fourth-order valence-corrected chi connectivity index (χ4v) is 4.14. The molecule has 10 heteroatoms. The van der Waals surface area contributed by atoms with Crippen molar-refractivity contribution in [3.05, 3.63) is 62.2 Å². The minimum Gasteiger partial charge on any atom is -0.361 e. The molecule has 0 atom stereocenters. The standard InChI is InChI=1S/C16H13BrN4O3S2/c1-9-7-10(21-24-9)8-25-16-11(3-2-6-18-16)14(22)19-20-15(23)12-4-5-13(17)26-12/h2-7H,8H2,1H3,(H,19,22)(H,20,23). The Labute approximate surface area is 165 Å². The van der Waals surface area contributed by atoms with E-state index in [1.54, 1.807) is 30.5 Å². The van der Waals surface area contributed by atoms with E-state index in [-0.39, 0.29) is 5.91 Å². The second-order valence-electron chi connectivity index (χ2n) is 5.09. The fraction of sp³-hybridized carbons (Fsp3) is 0.125. The van der Waals surface area contributed by atoms with Crippen LogP contribution in [0, 0.1) is 6.92 Å². The first kappa shape index (κ1) is 18.6. The highest BCUT2D eigenvalue weighted by Gasteiger charge is 2.15. The van der Waals surface area contributed by atoms with Crippen LogP contribution in [0.2, 0.25) is 0 Å². The first-order valence-corrected chi connectivity index (χ1v) is 9.98. The summed E-state index contributed by atoms with van der Waals surface area (Å²) in [5.41, 5.74) is 5.95. The summed E-state index contributed by atoms with van der Waals surface area (Å²) in [4.78, 5) is 29.1. The maximum atomic E-state index is 12.4. The Kier molecular flexibility index (Phi) is 6.07. The third-order valence-electron chi connectivity index (χ3n) is 3.14. The van der Waals surface area contributed by atoms with Gasteiger partial charge in [0.05, 0.1) is 19.9 Å². The molecular weight excluding hydrogens is 440 g/mol. The van der Waals surface area contributed by atoms with Crippen LogP contribution in [0.15, 0.2) is 49.9 Å². The Morgan fingerprint density at radius 3 is 2.77 bits per heavy atom. The number of amides is 2. The van der Waals surface area contributed by atoms with E-state index >= 15 is 0 Å². The minimum absolute atomic E-state index is 0.366. The molecule has 0 bridgehead atoms. The van der Waals surface area contributed by atoms with Gasteiger partial charge in [-0.15, -0.1) is 11.3 Å². The van der Waals surface area contributed by atoms with Crippen molar-refractivity contribution in [2.24, 2.45) is 0 Å². The van der Waals surface area contributed by atoms with Gasteiger partial charge in [-0.3, -0.25) is 20.4 Å². The molecule has 3 aromatic rings. The van der Waals surface area contributed by atoms with Crippen LogP contribution in [0.25, 0.3) is 0 Å². The van der Waals surface area contributed by atoms with E-state index in [2.05, 4.69) is 36.9 Å². The Balaban J connectivity index is 1.62. The van der Waals surface area contributed by atoms with E-state index < -0.39 is 5.91 Å². The van der Waals surface area contributed by atoms with Gasteiger partial charge in [-0.1, -0.05) is 16.9 Å². The normalized spacial score (nSPS) is 10.5. The van der Waals surface area contributed by atoms with Crippen LogP contribution in [0.5, 0.6) is 0 Å². The molecular formula is C16H13BrN4O3S2. The summed E-state index contributed by atoms with van der Waals surface area (Å²) >= 11 is 5.93. The number of nitrogens with zero attached hydrogens (tertiary/aromatic N) is 2. The van der Waals surface area contributed by atoms with E-state index in [1.165, 1.54) is 23.1 Å². The third-order valence-corrected chi connectivity index (χ3v) is 5.80. The van der Waals surface area contributed by atoms with Gasteiger partial charge in [0.15, 0.2) is 0 Å². The number of hydrazine groups is 1. The Bertz CT molecular complexity index is 941. The van der Waals surface area contributed by atoms with Crippen molar-refractivity contribution >= 4 is 50.8 Å². The van der Waals surface area contributed by atoms with Crippen molar-refractivity contribution < 1.29 is 14.1 Å². The molecule has 0 radical (unpaired) electrons. The van der Waals surface area contributed by atoms with Gasteiger partial charge in [-0.05, 0) is 47.1 Å². The SMILES string of the molecule is Cc1cc(CSc2ncccc2C(=O)NNC(=O)c2ccc(Br)s2)no1. The highest BCUT2D eigenvalue weighted by atomic mass is 79.9. The van der Waals surface area contributed by atoms with E-state index in [9.17, 15) is 9.59 Å². The summed E-state index contributed by atoms with van der Waals surface area (Å²) in [6, 6.07) is 8.57. The molecule has 7 nitrogen and oxygen atoms in total. The number of carbonyl (C=O) groups excluding carboxylic acids is 2. The number of hydrogen-bond acceptors (Lipinski definition) is 7. The van der Waals surface area contributed by atoms with E-state index in [1.807, 2.05) is 13.0 Å². The number of thiophene rings is 1. The summed E-state index contributed by atoms with van der Waals surface area (Å²) in [7, 11) is 0. The highest BCUT2D eigenvalue weighted by molar-refractivity contribution is 9.11. The van der Waals surface area contributed by atoms with Gasteiger partial charge >= 0.3 is 0 Å². The van der Waals surface area contributed by atoms with Gasteiger partial charge in [0.2, 0.25) is 0 Å². The number of halogens is 1. The number of aromatic nitrogens is 2. The van der Waals surface area contributed by atoms with Gasteiger partial charge in [0.25, 0.3) is 11.8 Å². The van der Waals surface area contributed by atoms with Gasteiger partial charge in [0.1, 0.15) is 10.8 Å². The zero-order valence-electron chi connectivity index (χ0n) is 13.5. The van der Waals surface area contributed by atoms with E-state index in [0.29, 0.717) is 21.2 Å². The number of thioether (sulfide) groups is 1. The lowest BCUT2D eigenvalue weighted by Gasteiger charge is -2.09. The second kappa shape index (κ2) is 8.47. The lowest BCUT2D eigenvalue weighted by Crippen LogP contribution is -2.41. The van der Waals surface area contributed by atoms with Gasteiger partial charge in [-0.2, -0.15) is 0 Å². The molecule has 3 heterocycles. The molecule has 134 valence electrons. The molecule has 0 aliphatic carbocycles. The molecule has 0 saturated heterocycles. The Hall–Kier alpha value is -2.17. The fourth-order valence-electron chi connectivity index (χ4n) is 1.99. The number of aryl methyl sites for hydroxylation is 1. The zero-order valence-corrected chi connectivity index (χ0v) is 16.7. The summed E-state index contributed by atoms with van der Waals surface area (Å²) < 4.78 is 5.86.